The van der Waals surface area contributed by atoms with E-state index in [2.05, 4.69) is 60.2 Å². The average molecular weight is 348 g/mol. The molecular formula is C18H22BrNO. The number of halogens is 1. The van der Waals surface area contributed by atoms with Crippen LogP contribution in [0.3, 0.4) is 0 Å². The number of ether oxygens (including phenoxy) is 1. The van der Waals surface area contributed by atoms with Gasteiger partial charge in [0, 0.05) is 22.1 Å². The Balaban J connectivity index is 2.41. The molecule has 0 saturated carbocycles. The molecule has 2 aromatic rings. The van der Waals surface area contributed by atoms with Crippen molar-refractivity contribution in [3.63, 3.8) is 0 Å². The zero-order valence-electron chi connectivity index (χ0n) is 13.0. The van der Waals surface area contributed by atoms with Crippen LogP contribution in [0.5, 0.6) is 11.5 Å². The van der Waals surface area contributed by atoms with Crippen molar-refractivity contribution >= 4 is 15.9 Å². The number of benzene rings is 2. The second kappa shape index (κ2) is 6.63. The van der Waals surface area contributed by atoms with Gasteiger partial charge in [0.25, 0.3) is 0 Å². The lowest BCUT2D eigenvalue weighted by Crippen LogP contribution is -2.13. The summed E-state index contributed by atoms with van der Waals surface area (Å²) >= 11 is 3.52. The quantitative estimate of drug-likeness (QED) is 0.814. The Morgan fingerprint density at radius 2 is 1.76 bits per heavy atom. The molecule has 0 saturated heterocycles. The molecule has 0 fully saturated rings. The largest absolute Gasteiger partial charge is 0.457 e. The van der Waals surface area contributed by atoms with E-state index in [1.807, 2.05) is 31.3 Å². The van der Waals surface area contributed by atoms with Gasteiger partial charge in [-0.15, -0.1) is 0 Å². The summed E-state index contributed by atoms with van der Waals surface area (Å²) in [6.07, 6.45) is 0. The number of rotatable bonds is 4. The van der Waals surface area contributed by atoms with Crippen LogP contribution in [0.4, 0.5) is 0 Å². The van der Waals surface area contributed by atoms with Crippen LogP contribution < -0.4 is 10.1 Å². The highest BCUT2D eigenvalue weighted by molar-refractivity contribution is 9.10. The number of hydrogen-bond acceptors (Lipinski definition) is 2. The molecule has 0 aliphatic rings. The van der Waals surface area contributed by atoms with E-state index in [1.165, 1.54) is 5.56 Å². The third-order valence-electron chi connectivity index (χ3n) is 3.31. The monoisotopic (exact) mass is 347 g/mol. The number of hydrogen-bond donors (Lipinski definition) is 1. The smallest absolute Gasteiger partial charge is 0.133 e. The average Bonchev–Trinajstić information content (AvgIpc) is 2.41. The van der Waals surface area contributed by atoms with Crippen LogP contribution in [0.2, 0.25) is 0 Å². The highest BCUT2D eigenvalue weighted by Gasteiger charge is 2.19. The number of para-hydroxylation sites is 1. The van der Waals surface area contributed by atoms with Crippen molar-refractivity contribution < 1.29 is 4.74 Å². The van der Waals surface area contributed by atoms with Gasteiger partial charge in [-0.3, -0.25) is 0 Å². The lowest BCUT2D eigenvalue weighted by Gasteiger charge is -2.23. The number of nitrogens with one attached hydrogen (secondary N) is 1. The molecule has 3 heteroatoms. The van der Waals surface area contributed by atoms with Crippen molar-refractivity contribution in [1.82, 2.24) is 5.32 Å². The van der Waals surface area contributed by atoms with E-state index in [0.29, 0.717) is 0 Å². The van der Waals surface area contributed by atoms with E-state index in [4.69, 9.17) is 4.74 Å². The molecule has 0 aliphatic carbocycles. The third-order valence-corrected chi connectivity index (χ3v) is 3.80. The summed E-state index contributed by atoms with van der Waals surface area (Å²) in [5.74, 6) is 1.80. The first kappa shape index (κ1) is 16.1. The van der Waals surface area contributed by atoms with Crippen molar-refractivity contribution in [2.75, 3.05) is 7.05 Å². The minimum Gasteiger partial charge on any atom is -0.457 e. The Morgan fingerprint density at radius 3 is 2.43 bits per heavy atom. The normalized spacial score (nSPS) is 11.5. The Kier molecular flexibility index (Phi) is 5.07. The zero-order chi connectivity index (χ0) is 15.5. The lowest BCUT2D eigenvalue weighted by molar-refractivity contribution is 0.449. The molecule has 2 nitrogen and oxygen atoms in total. The predicted octanol–water partition coefficient (Wildman–Crippen LogP) is 5.26. The molecule has 112 valence electrons. The Labute approximate surface area is 135 Å². The maximum absolute atomic E-state index is 6.23. The first-order valence-electron chi connectivity index (χ1n) is 7.12. The van der Waals surface area contributed by atoms with E-state index >= 15 is 0 Å². The first-order chi connectivity index (χ1) is 9.91. The highest BCUT2D eigenvalue weighted by atomic mass is 79.9. The van der Waals surface area contributed by atoms with E-state index < -0.39 is 0 Å². The van der Waals surface area contributed by atoms with Crippen molar-refractivity contribution in [3.05, 3.63) is 58.1 Å². The molecule has 1 N–H and O–H groups in total. The van der Waals surface area contributed by atoms with Gasteiger partial charge in [0.05, 0.1) is 0 Å². The molecule has 2 aromatic carbocycles. The van der Waals surface area contributed by atoms with Crippen LogP contribution in [0.15, 0.2) is 46.9 Å². The van der Waals surface area contributed by atoms with Crippen LogP contribution in [0, 0.1) is 0 Å². The van der Waals surface area contributed by atoms with Crippen molar-refractivity contribution in [2.24, 2.45) is 0 Å². The van der Waals surface area contributed by atoms with Gasteiger partial charge in [-0.1, -0.05) is 61.0 Å². The highest BCUT2D eigenvalue weighted by Crippen LogP contribution is 2.35. The van der Waals surface area contributed by atoms with Crippen molar-refractivity contribution in [2.45, 2.75) is 32.7 Å². The molecule has 0 aromatic heterocycles. The summed E-state index contributed by atoms with van der Waals surface area (Å²) < 4.78 is 7.25. The molecule has 0 unspecified atom stereocenters. The standard InChI is InChI=1S/C18H22BrNO/c1-18(2,3)15-7-5-6-8-16(15)21-17-11-14(19)10-9-13(17)12-20-4/h5-11,20H,12H2,1-4H3. The zero-order valence-corrected chi connectivity index (χ0v) is 14.6. The SMILES string of the molecule is CNCc1ccc(Br)cc1Oc1ccccc1C(C)(C)C. The predicted molar refractivity (Wildman–Crippen MR) is 92.1 cm³/mol. The third kappa shape index (κ3) is 4.08. The fraction of sp³-hybridized carbons (Fsp3) is 0.333. The van der Waals surface area contributed by atoms with E-state index in [-0.39, 0.29) is 5.41 Å². The molecule has 0 aliphatic heterocycles. The van der Waals surface area contributed by atoms with E-state index in [9.17, 15) is 0 Å². The van der Waals surface area contributed by atoms with Crippen LogP contribution >= 0.6 is 15.9 Å². The Bertz CT molecular complexity index is 617. The van der Waals surface area contributed by atoms with Crippen LogP contribution in [0.25, 0.3) is 0 Å². The van der Waals surface area contributed by atoms with Crippen molar-refractivity contribution in [1.29, 1.82) is 0 Å². The van der Waals surface area contributed by atoms with Crippen LogP contribution in [-0.4, -0.2) is 7.05 Å². The van der Waals surface area contributed by atoms with Gasteiger partial charge in [0.15, 0.2) is 0 Å². The second-order valence-corrected chi connectivity index (χ2v) is 7.05. The van der Waals surface area contributed by atoms with E-state index in [0.717, 1.165) is 28.1 Å². The summed E-state index contributed by atoms with van der Waals surface area (Å²) in [4.78, 5) is 0. The summed E-state index contributed by atoms with van der Waals surface area (Å²) in [6.45, 7) is 7.38. The van der Waals surface area contributed by atoms with Gasteiger partial charge in [-0.05, 0) is 30.7 Å². The molecule has 21 heavy (non-hydrogen) atoms. The lowest BCUT2D eigenvalue weighted by atomic mass is 9.86. The molecule has 0 atom stereocenters. The topological polar surface area (TPSA) is 21.3 Å². The minimum atomic E-state index is 0.0474. The Hall–Kier alpha value is -1.32. The summed E-state index contributed by atoms with van der Waals surface area (Å²) in [5, 5.41) is 3.18. The molecule has 0 radical (unpaired) electrons. The molecule has 0 amide bonds. The fourth-order valence-electron chi connectivity index (χ4n) is 2.25. The molecule has 2 rings (SSSR count). The fourth-order valence-corrected chi connectivity index (χ4v) is 2.59. The van der Waals surface area contributed by atoms with Crippen LogP contribution in [0.1, 0.15) is 31.9 Å². The van der Waals surface area contributed by atoms with Gasteiger partial charge >= 0.3 is 0 Å². The Morgan fingerprint density at radius 1 is 1.05 bits per heavy atom. The summed E-state index contributed by atoms with van der Waals surface area (Å²) in [6, 6.07) is 14.4. The maximum Gasteiger partial charge on any atom is 0.133 e. The van der Waals surface area contributed by atoms with Crippen LogP contribution in [-0.2, 0) is 12.0 Å². The second-order valence-electron chi connectivity index (χ2n) is 6.13. The van der Waals surface area contributed by atoms with Gasteiger partial charge < -0.3 is 10.1 Å². The van der Waals surface area contributed by atoms with Crippen molar-refractivity contribution in [3.8, 4) is 11.5 Å². The van der Waals surface area contributed by atoms with Gasteiger partial charge in [-0.25, -0.2) is 0 Å². The van der Waals surface area contributed by atoms with Gasteiger partial charge in [0.1, 0.15) is 11.5 Å². The molecule has 0 heterocycles. The van der Waals surface area contributed by atoms with Gasteiger partial charge in [0.2, 0.25) is 0 Å². The molecule has 0 spiro atoms. The summed E-state index contributed by atoms with van der Waals surface area (Å²) in [7, 11) is 1.94. The first-order valence-corrected chi connectivity index (χ1v) is 7.91. The molecule has 0 bridgehead atoms. The van der Waals surface area contributed by atoms with E-state index in [1.54, 1.807) is 0 Å². The summed E-state index contributed by atoms with van der Waals surface area (Å²) in [5.41, 5.74) is 2.40. The maximum atomic E-state index is 6.23. The molecular weight excluding hydrogens is 326 g/mol. The minimum absolute atomic E-state index is 0.0474. The van der Waals surface area contributed by atoms with Gasteiger partial charge in [-0.2, -0.15) is 0 Å².